The summed E-state index contributed by atoms with van der Waals surface area (Å²) in [7, 11) is 0. The van der Waals surface area contributed by atoms with Gasteiger partial charge in [0.2, 0.25) is 0 Å². The van der Waals surface area contributed by atoms with E-state index in [2.05, 4.69) is 10.1 Å². The molecule has 0 atom stereocenters. The van der Waals surface area contributed by atoms with Crippen LogP contribution in [0.15, 0.2) is 29.4 Å². The molecule has 4 nitrogen and oxygen atoms in total. The maximum atomic E-state index is 8.52. The van der Waals surface area contributed by atoms with E-state index in [0.29, 0.717) is 0 Å². The number of nitrogens with two attached hydrogens (primary N) is 1. The van der Waals surface area contributed by atoms with Gasteiger partial charge in [0.15, 0.2) is 5.84 Å². The minimum absolute atomic E-state index is 0. The molecule has 0 radical (unpaired) electrons. The van der Waals surface area contributed by atoms with Crippen molar-refractivity contribution < 1.29 is 5.21 Å². The molecule has 1 aliphatic rings. The van der Waals surface area contributed by atoms with E-state index in [4.69, 9.17) is 10.9 Å². The zero-order chi connectivity index (χ0) is 10.7. The van der Waals surface area contributed by atoms with E-state index in [0.717, 1.165) is 18.7 Å². The zero-order valence-electron chi connectivity index (χ0n) is 9.37. The SMILES string of the molecule is Cl.Cl.NC(=NO)c1ccc(N2CCCC2)cc1. The molecule has 0 spiro atoms. The molecule has 1 aromatic rings. The highest BCUT2D eigenvalue weighted by Crippen LogP contribution is 2.20. The van der Waals surface area contributed by atoms with Crippen molar-refractivity contribution in [2.75, 3.05) is 18.0 Å². The molecule has 1 saturated heterocycles. The van der Waals surface area contributed by atoms with E-state index in [9.17, 15) is 0 Å². The first-order valence-corrected chi connectivity index (χ1v) is 5.14. The summed E-state index contributed by atoms with van der Waals surface area (Å²) in [6, 6.07) is 7.78. The molecule has 1 aromatic carbocycles. The van der Waals surface area contributed by atoms with Crippen molar-refractivity contribution in [3.63, 3.8) is 0 Å². The van der Waals surface area contributed by atoms with Gasteiger partial charge in [-0.15, -0.1) is 24.8 Å². The number of oxime groups is 1. The van der Waals surface area contributed by atoms with Gasteiger partial charge in [0, 0.05) is 24.3 Å². The van der Waals surface area contributed by atoms with Gasteiger partial charge >= 0.3 is 0 Å². The van der Waals surface area contributed by atoms with Crippen LogP contribution in [-0.4, -0.2) is 24.1 Å². The van der Waals surface area contributed by atoms with Crippen LogP contribution in [0.5, 0.6) is 0 Å². The highest BCUT2D eigenvalue weighted by Gasteiger charge is 2.11. The van der Waals surface area contributed by atoms with Gasteiger partial charge in [0.1, 0.15) is 0 Å². The second-order valence-corrected chi connectivity index (χ2v) is 3.73. The Labute approximate surface area is 113 Å². The van der Waals surface area contributed by atoms with Crippen LogP contribution in [0, 0.1) is 0 Å². The quantitative estimate of drug-likeness (QED) is 0.377. The first-order valence-electron chi connectivity index (χ1n) is 5.14. The van der Waals surface area contributed by atoms with E-state index in [1.54, 1.807) is 0 Å². The lowest BCUT2D eigenvalue weighted by Gasteiger charge is -2.17. The van der Waals surface area contributed by atoms with Crippen LogP contribution in [0.3, 0.4) is 0 Å². The van der Waals surface area contributed by atoms with Gasteiger partial charge in [-0.2, -0.15) is 0 Å². The summed E-state index contributed by atoms with van der Waals surface area (Å²) in [5.74, 6) is 0.156. The third-order valence-electron chi connectivity index (χ3n) is 2.74. The Hall–Kier alpha value is -1.13. The fourth-order valence-electron chi connectivity index (χ4n) is 1.88. The van der Waals surface area contributed by atoms with Crippen molar-refractivity contribution >= 4 is 36.3 Å². The number of benzene rings is 1. The summed E-state index contributed by atoms with van der Waals surface area (Å²) < 4.78 is 0. The van der Waals surface area contributed by atoms with Crippen LogP contribution in [0.1, 0.15) is 18.4 Å². The Balaban J connectivity index is 0.00000128. The number of rotatable bonds is 2. The minimum atomic E-state index is 0. The fourth-order valence-corrected chi connectivity index (χ4v) is 1.88. The smallest absolute Gasteiger partial charge is 0.170 e. The predicted octanol–water partition coefficient (Wildman–Crippen LogP) is 2.22. The van der Waals surface area contributed by atoms with Gasteiger partial charge in [-0.05, 0) is 37.1 Å². The van der Waals surface area contributed by atoms with Crippen molar-refractivity contribution in [1.82, 2.24) is 0 Å². The van der Waals surface area contributed by atoms with Gasteiger partial charge < -0.3 is 15.8 Å². The lowest BCUT2D eigenvalue weighted by atomic mass is 10.2. The predicted molar refractivity (Wildman–Crippen MR) is 74.9 cm³/mol. The van der Waals surface area contributed by atoms with Crippen molar-refractivity contribution in [1.29, 1.82) is 0 Å². The van der Waals surface area contributed by atoms with E-state index in [1.165, 1.54) is 18.5 Å². The molecule has 0 unspecified atom stereocenters. The van der Waals surface area contributed by atoms with Gasteiger partial charge in [-0.25, -0.2) is 0 Å². The molecule has 17 heavy (non-hydrogen) atoms. The Morgan fingerprint density at radius 3 is 2.12 bits per heavy atom. The molecule has 0 aromatic heterocycles. The maximum Gasteiger partial charge on any atom is 0.170 e. The largest absolute Gasteiger partial charge is 0.409 e. The van der Waals surface area contributed by atoms with Crippen molar-refractivity contribution in [3.8, 4) is 0 Å². The number of hydrogen-bond donors (Lipinski definition) is 2. The van der Waals surface area contributed by atoms with Crippen molar-refractivity contribution in [3.05, 3.63) is 29.8 Å². The third kappa shape index (κ3) is 3.68. The summed E-state index contributed by atoms with van der Waals surface area (Å²) in [4.78, 5) is 2.34. The molecule has 0 bridgehead atoms. The Morgan fingerprint density at radius 1 is 1.12 bits per heavy atom. The molecule has 2 rings (SSSR count). The second kappa shape index (κ2) is 7.25. The van der Waals surface area contributed by atoms with Crippen LogP contribution < -0.4 is 10.6 Å². The third-order valence-corrected chi connectivity index (χ3v) is 2.74. The van der Waals surface area contributed by atoms with Crippen LogP contribution in [0.4, 0.5) is 5.69 Å². The average molecular weight is 278 g/mol. The first-order chi connectivity index (χ1) is 7.31. The van der Waals surface area contributed by atoms with Gasteiger partial charge in [-0.1, -0.05) is 5.16 Å². The standard InChI is InChI=1S/C11H15N3O.2ClH/c12-11(13-15)9-3-5-10(6-4-9)14-7-1-2-8-14;;/h3-6,15H,1-2,7-8H2,(H2,12,13);2*1H. The Kier molecular flexibility index (Phi) is 6.76. The molecule has 1 heterocycles. The summed E-state index contributed by atoms with van der Waals surface area (Å²) >= 11 is 0. The fraction of sp³-hybridized carbons (Fsp3) is 0.364. The molecular weight excluding hydrogens is 261 g/mol. The molecule has 96 valence electrons. The molecule has 1 fully saturated rings. The lowest BCUT2D eigenvalue weighted by molar-refractivity contribution is 0.318. The lowest BCUT2D eigenvalue weighted by Crippen LogP contribution is -2.18. The number of nitrogens with zero attached hydrogens (tertiary/aromatic N) is 2. The Bertz CT molecular complexity index is 361. The van der Waals surface area contributed by atoms with Crippen LogP contribution in [-0.2, 0) is 0 Å². The molecule has 3 N–H and O–H groups in total. The summed E-state index contributed by atoms with van der Waals surface area (Å²) in [5.41, 5.74) is 7.44. The number of halogens is 2. The molecule has 1 aliphatic heterocycles. The topological polar surface area (TPSA) is 61.9 Å². The van der Waals surface area contributed by atoms with E-state index in [1.807, 2.05) is 24.3 Å². The second-order valence-electron chi connectivity index (χ2n) is 3.73. The summed E-state index contributed by atoms with van der Waals surface area (Å²) in [5, 5.41) is 11.5. The van der Waals surface area contributed by atoms with E-state index >= 15 is 0 Å². The molecule has 0 amide bonds. The maximum absolute atomic E-state index is 8.52. The van der Waals surface area contributed by atoms with Crippen LogP contribution in [0.25, 0.3) is 0 Å². The van der Waals surface area contributed by atoms with Gasteiger partial charge in [-0.3, -0.25) is 0 Å². The Morgan fingerprint density at radius 2 is 1.65 bits per heavy atom. The highest BCUT2D eigenvalue weighted by atomic mass is 35.5. The molecular formula is C11H17Cl2N3O. The van der Waals surface area contributed by atoms with E-state index in [-0.39, 0.29) is 30.6 Å². The van der Waals surface area contributed by atoms with Gasteiger partial charge in [0.25, 0.3) is 0 Å². The number of amidine groups is 1. The monoisotopic (exact) mass is 277 g/mol. The molecule has 0 aliphatic carbocycles. The number of hydrogen-bond acceptors (Lipinski definition) is 3. The van der Waals surface area contributed by atoms with Crippen LogP contribution in [0.2, 0.25) is 0 Å². The minimum Gasteiger partial charge on any atom is -0.409 e. The molecule has 0 saturated carbocycles. The highest BCUT2D eigenvalue weighted by molar-refractivity contribution is 5.97. The molecule has 6 heteroatoms. The zero-order valence-corrected chi connectivity index (χ0v) is 11.0. The van der Waals surface area contributed by atoms with Crippen molar-refractivity contribution in [2.24, 2.45) is 10.9 Å². The van der Waals surface area contributed by atoms with Crippen molar-refractivity contribution in [2.45, 2.75) is 12.8 Å². The first kappa shape index (κ1) is 15.9. The van der Waals surface area contributed by atoms with Crippen LogP contribution >= 0.6 is 24.8 Å². The number of anilines is 1. The summed E-state index contributed by atoms with van der Waals surface area (Å²) in [6.45, 7) is 2.26. The normalized spacial score (nSPS) is 15.1. The average Bonchev–Trinajstić information content (AvgIpc) is 2.82. The van der Waals surface area contributed by atoms with E-state index < -0.39 is 0 Å². The summed E-state index contributed by atoms with van der Waals surface area (Å²) in [6.07, 6.45) is 2.53. The van der Waals surface area contributed by atoms with Gasteiger partial charge in [0.05, 0.1) is 0 Å².